The van der Waals surface area contributed by atoms with Crippen LogP contribution in [-0.2, 0) is 0 Å². The highest BCUT2D eigenvalue weighted by Gasteiger charge is 2.09. The maximum Gasteiger partial charge on any atom is 0.223 e. The van der Waals surface area contributed by atoms with Crippen LogP contribution < -0.4 is 4.74 Å². The summed E-state index contributed by atoms with van der Waals surface area (Å²) in [7, 11) is 0. The van der Waals surface area contributed by atoms with Crippen LogP contribution in [-0.4, -0.2) is 9.97 Å². The lowest BCUT2D eigenvalue weighted by Crippen LogP contribution is -1.92. The molecular weight excluding hydrogens is 254 g/mol. The Morgan fingerprint density at radius 2 is 2.00 bits per heavy atom. The number of rotatable bonds is 2. The normalized spacial score (nSPS) is 10.2. The van der Waals surface area contributed by atoms with E-state index >= 15 is 0 Å². The zero-order valence-corrected chi connectivity index (χ0v) is 9.34. The van der Waals surface area contributed by atoms with Gasteiger partial charge in [0.1, 0.15) is 11.5 Å². The lowest BCUT2D eigenvalue weighted by molar-refractivity contribution is 0.426. The van der Waals surface area contributed by atoms with Crippen molar-refractivity contribution in [2.24, 2.45) is 0 Å². The van der Waals surface area contributed by atoms with E-state index in [4.69, 9.17) is 27.9 Å². The van der Waals surface area contributed by atoms with Crippen LogP contribution >= 0.6 is 23.2 Å². The van der Waals surface area contributed by atoms with E-state index in [1.807, 2.05) is 0 Å². The minimum Gasteiger partial charge on any atom is -0.436 e. The van der Waals surface area contributed by atoms with Crippen LogP contribution in [0.5, 0.6) is 11.6 Å². The molecule has 0 saturated carbocycles. The Morgan fingerprint density at radius 1 is 1.19 bits per heavy atom. The maximum atomic E-state index is 13.5. The third-order valence-electron chi connectivity index (χ3n) is 1.74. The topological polar surface area (TPSA) is 35.0 Å². The van der Waals surface area contributed by atoms with Gasteiger partial charge in [-0.3, -0.25) is 0 Å². The molecule has 0 amide bonds. The molecule has 0 spiro atoms. The Kier molecular flexibility index (Phi) is 3.22. The van der Waals surface area contributed by atoms with Crippen LogP contribution in [0.2, 0.25) is 10.2 Å². The Balaban J connectivity index is 2.31. The van der Waals surface area contributed by atoms with Crippen LogP contribution in [0.25, 0.3) is 0 Å². The standard InChI is InChI=1S/C10H5Cl2FN2O/c11-6-2-1-3-7(10(6)13)16-9-4-8(12)14-5-15-9/h1-5H. The van der Waals surface area contributed by atoms with E-state index < -0.39 is 5.82 Å². The van der Waals surface area contributed by atoms with Gasteiger partial charge in [-0.25, -0.2) is 14.4 Å². The maximum absolute atomic E-state index is 13.5. The van der Waals surface area contributed by atoms with Crippen molar-refractivity contribution in [2.45, 2.75) is 0 Å². The van der Waals surface area contributed by atoms with Crippen molar-refractivity contribution in [3.63, 3.8) is 0 Å². The molecular formula is C10H5Cl2FN2O. The van der Waals surface area contributed by atoms with Crippen LogP contribution in [0.4, 0.5) is 4.39 Å². The summed E-state index contributed by atoms with van der Waals surface area (Å²) in [6, 6.07) is 5.82. The van der Waals surface area contributed by atoms with Crippen LogP contribution in [0.3, 0.4) is 0 Å². The van der Waals surface area contributed by atoms with Gasteiger partial charge in [0.05, 0.1) is 5.02 Å². The van der Waals surface area contributed by atoms with E-state index in [1.54, 1.807) is 6.07 Å². The average Bonchev–Trinajstić information content (AvgIpc) is 2.25. The van der Waals surface area contributed by atoms with Crippen LogP contribution in [0, 0.1) is 5.82 Å². The number of ether oxygens (including phenoxy) is 1. The minimum absolute atomic E-state index is 0.0118. The Labute approximate surface area is 101 Å². The van der Waals surface area contributed by atoms with Gasteiger partial charge in [0.2, 0.25) is 5.88 Å². The molecule has 1 aromatic carbocycles. The Morgan fingerprint density at radius 3 is 2.75 bits per heavy atom. The summed E-state index contributed by atoms with van der Waals surface area (Å²) in [6.45, 7) is 0. The van der Waals surface area contributed by atoms with Crippen LogP contribution in [0.1, 0.15) is 0 Å². The summed E-state index contributed by atoms with van der Waals surface area (Å²) in [5, 5.41) is 0.199. The molecule has 0 fully saturated rings. The fourth-order valence-electron chi connectivity index (χ4n) is 1.05. The van der Waals surface area contributed by atoms with Gasteiger partial charge in [-0.2, -0.15) is 0 Å². The van der Waals surface area contributed by atoms with Crippen molar-refractivity contribution in [2.75, 3.05) is 0 Å². The van der Waals surface area contributed by atoms with Crippen molar-refractivity contribution in [1.29, 1.82) is 0 Å². The first-order valence-electron chi connectivity index (χ1n) is 4.26. The fourth-order valence-corrected chi connectivity index (χ4v) is 1.35. The molecule has 1 heterocycles. The molecule has 0 saturated heterocycles. The second-order valence-corrected chi connectivity index (χ2v) is 3.63. The summed E-state index contributed by atoms with van der Waals surface area (Å²) >= 11 is 11.2. The minimum atomic E-state index is -0.640. The van der Waals surface area contributed by atoms with E-state index in [0.717, 1.165) is 0 Å². The first kappa shape index (κ1) is 11.1. The van der Waals surface area contributed by atoms with Crippen molar-refractivity contribution < 1.29 is 9.13 Å². The number of aromatic nitrogens is 2. The molecule has 2 aromatic rings. The number of nitrogens with zero attached hydrogens (tertiary/aromatic N) is 2. The summed E-state index contributed by atoms with van der Waals surface area (Å²) in [5.74, 6) is -0.498. The zero-order chi connectivity index (χ0) is 11.5. The highest BCUT2D eigenvalue weighted by Crippen LogP contribution is 2.28. The number of hydrogen-bond donors (Lipinski definition) is 0. The molecule has 6 heteroatoms. The van der Waals surface area contributed by atoms with E-state index in [1.165, 1.54) is 24.5 Å². The summed E-state index contributed by atoms with van der Waals surface area (Å²) < 4.78 is 18.6. The second kappa shape index (κ2) is 4.63. The SMILES string of the molecule is Fc1c(Cl)cccc1Oc1cc(Cl)ncn1. The van der Waals surface area contributed by atoms with Crippen molar-refractivity contribution in [3.8, 4) is 11.6 Å². The van der Waals surface area contributed by atoms with Gasteiger partial charge in [0, 0.05) is 6.07 Å². The van der Waals surface area contributed by atoms with Gasteiger partial charge in [-0.05, 0) is 12.1 Å². The molecule has 0 unspecified atom stereocenters. The second-order valence-electron chi connectivity index (χ2n) is 2.83. The van der Waals surface area contributed by atoms with Gasteiger partial charge in [-0.1, -0.05) is 29.3 Å². The smallest absolute Gasteiger partial charge is 0.223 e. The molecule has 0 N–H and O–H groups in total. The molecule has 0 atom stereocenters. The largest absolute Gasteiger partial charge is 0.436 e. The molecule has 0 aliphatic carbocycles. The molecule has 0 radical (unpaired) electrons. The lowest BCUT2D eigenvalue weighted by Gasteiger charge is -2.05. The summed E-state index contributed by atoms with van der Waals surface area (Å²) in [4.78, 5) is 7.45. The number of hydrogen-bond acceptors (Lipinski definition) is 3. The molecule has 1 aromatic heterocycles. The first-order chi connectivity index (χ1) is 7.66. The predicted octanol–water partition coefficient (Wildman–Crippen LogP) is 3.71. The van der Waals surface area contributed by atoms with Gasteiger partial charge < -0.3 is 4.74 Å². The molecule has 3 nitrogen and oxygen atoms in total. The number of benzene rings is 1. The molecule has 0 bridgehead atoms. The molecule has 82 valence electrons. The molecule has 16 heavy (non-hydrogen) atoms. The fraction of sp³-hybridized carbons (Fsp3) is 0. The highest BCUT2D eigenvalue weighted by molar-refractivity contribution is 6.30. The monoisotopic (exact) mass is 258 g/mol. The van der Waals surface area contributed by atoms with Gasteiger partial charge >= 0.3 is 0 Å². The third kappa shape index (κ3) is 2.40. The van der Waals surface area contributed by atoms with Gasteiger partial charge in [0.15, 0.2) is 11.6 Å². The summed E-state index contributed by atoms with van der Waals surface area (Å²) in [5.41, 5.74) is 0. The first-order valence-corrected chi connectivity index (χ1v) is 5.02. The summed E-state index contributed by atoms with van der Waals surface area (Å²) in [6.07, 6.45) is 1.22. The zero-order valence-electron chi connectivity index (χ0n) is 7.82. The Bertz CT molecular complexity index is 522. The molecule has 2 rings (SSSR count). The Hall–Kier alpha value is -1.39. The number of halogens is 3. The highest BCUT2D eigenvalue weighted by atomic mass is 35.5. The van der Waals surface area contributed by atoms with E-state index in [2.05, 4.69) is 9.97 Å². The van der Waals surface area contributed by atoms with Crippen molar-refractivity contribution >= 4 is 23.2 Å². The quantitative estimate of drug-likeness (QED) is 0.771. The third-order valence-corrected chi connectivity index (χ3v) is 2.24. The van der Waals surface area contributed by atoms with Crippen molar-refractivity contribution in [1.82, 2.24) is 9.97 Å². The van der Waals surface area contributed by atoms with E-state index in [-0.39, 0.29) is 21.8 Å². The van der Waals surface area contributed by atoms with Crippen LogP contribution in [0.15, 0.2) is 30.6 Å². The van der Waals surface area contributed by atoms with Gasteiger partial charge in [-0.15, -0.1) is 0 Å². The van der Waals surface area contributed by atoms with E-state index in [9.17, 15) is 4.39 Å². The molecule has 0 aliphatic rings. The molecule has 0 aliphatic heterocycles. The van der Waals surface area contributed by atoms with Crippen molar-refractivity contribution in [3.05, 3.63) is 46.6 Å². The average molecular weight is 259 g/mol. The van der Waals surface area contributed by atoms with E-state index in [0.29, 0.717) is 0 Å². The predicted molar refractivity (Wildman–Crippen MR) is 58.5 cm³/mol. The lowest BCUT2D eigenvalue weighted by atomic mass is 10.3. The van der Waals surface area contributed by atoms with Gasteiger partial charge in [0.25, 0.3) is 0 Å².